The molecule has 2 rings (SSSR count). The lowest BCUT2D eigenvalue weighted by Gasteiger charge is -2.37. The molecule has 1 aromatic rings. The van der Waals surface area contributed by atoms with E-state index in [1.54, 1.807) is 0 Å². The fourth-order valence-electron chi connectivity index (χ4n) is 5.22. The van der Waals surface area contributed by atoms with Gasteiger partial charge in [-0.05, 0) is 87.0 Å². The average Bonchev–Trinajstić information content (AvgIpc) is 2.75. The predicted molar refractivity (Wildman–Crippen MR) is 141 cm³/mol. The molecule has 3 atom stereocenters. The fraction of sp³-hybridized carbons (Fsp3) is 0.767. The van der Waals surface area contributed by atoms with E-state index in [1.165, 1.54) is 51.4 Å². The molecule has 0 saturated carbocycles. The molecule has 1 aromatic carbocycles. The molecule has 1 aliphatic rings. The molecule has 3 unspecified atom stereocenters. The van der Waals surface area contributed by atoms with E-state index in [4.69, 9.17) is 14.6 Å². The normalized spacial score (nSPS) is 19.4. The Morgan fingerprint density at radius 3 is 2.18 bits per heavy atom. The van der Waals surface area contributed by atoms with Crippen LogP contribution in [0.1, 0.15) is 116 Å². The molecule has 4 heteroatoms. The maximum atomic E-state index is 10.9. The van der Waals surface area contributed by atoms with E-state index >= 15 is 0 Å². The van der Waals surface area contributed by atoms with Gasteiger partial charge in [-0.3, -0.25) is 0 Å². The number of fused-ring (bicyclic) bond motifs is 1. The van der Waals surface area contributed by atoms with E-state index in [0.717, 1.165) is 59.5 Å². The van der Waals surface area contributed by atoms with Crippen molar-refractivity contribution in [1.29, 1.82) is 0 Å². The summed E-state index contributed by atoms with van der Waals surface area (Å²) in [6, 6.07) is 1.98. The number of carboxylic acids is 1. The first-order valence-electron chi connectivity index (χ1n) is 13.7. The van der Waals surface area contributed by atoms with Crippen LogP contribution in [-0.2, 0) is 11.2 Å². The van der Waals surface area contributed by atoms with E-state index in [9.17, 15) is 4.79 Å². The van der Waals surface area contributed by atoms with Gasteiger partial charge in [0.05, 0.1) is 0 Å². The fourth-order valence-corrected chi connectivity index (χ4v) is 5.22. The summed E-state index contributed by atoms with van der Waals surface area (Å²) in [5.74, 6) is 3.16. The highest BCUT2D eigenvalue weighted by atomic mass is 16.5. The molecule has 0 fully saturated rings. The SMILES string of the molecule is Cc1c(OCC(=O)O)cc2c(c1C)OC(C)(CCCC(C)CCCC(C)CCCC(C)C)CC2. The van der Waals surface area contributed by atoms with Crippen molar-refractivity contribution >= 4 is 5.97 Å². The molecule has 0 saturated heterocycles. The van der Waals surface area contributed by atoms with Gasteiger partial charge in [-0.2, -0.15) is 0 Å². The van der Waals surface area contributed by atoms with Crippen LogP contribution in [0, 0.1) is 31.6 Å². The number of benzene rings is 1. The minimum absolute atomic E-state index is 0.127. The highest BCUT2D eigenvalue weighted by molar-refractivity contribution is 5.68. The molecule has 0 aromatic heterocycles. The van der Waals surface area contributed by atoms with Crippen molar-refractivity contribution < 1.29 is 19.4 Å². The zero-order chi connectivity index (χ0) is 25.3. The molecule has 194 valence electrons. The number of aliphatic carboxylic acids is 1. The van der Waals surface area contributed by atoms with Crippen LogP contribution in [0.4, 0.5) is 0 Å². The Morgan fingerprint density at radius 1 is 1.00 bits per heavy atom. The first-order valence-corrected chi connectivity index (χ1v) is 13.7. The first-order chi connectivity index (χ1) is 16.0. The number of carbonyl (C=O) groups is 1. The summed E-state index contributed by atoms with van der Waals surface area (Å²) in [5.41, 5.74) is 3.05. The van der Waals surface area contributed by atoms with Crippen molar-refractivity contribution in [1.82, 2.24) is 0 Å². The lowest BCUT2D eigenvalue weighted by molar-refractivity contribution is -0.139. The van der Waals surface area contributed by atoms with Crippen LogP contribution in [0.2, 0.25) is 0 Å². The van der Waals surface area contributed by atoms with Crippen LogP contribution in [0.5, 0.6) is 11.5 Å². The second-order valence-corrected chi connectivity index (χ2v) is 11.7. The van der Waals surface area contributed by atoms with Crippen molar-refractivity contribution in [2.45, 2.75) is 125 Å². The van der Waals surface area contributed by atoms with Gasteiger partial charge in [0.25, 0.3) is 0 Å². The van der Waals surface area contributed by atoms with Gasteiger partial charge in [0.15, 0.2) is 6.61 Å². The number of aryl methyl sites for hydroxylation is 1. The third kappa shape index (κ3) is 9.15. The minimum Gasteiger partial charge on any atom is -0.487 e. The van der Waals surface area contributed by atoms with Gasteiger partial charge in [-0.15, -0.1) is 0 Å². The smallest absolute Gasteiger partial charge is 0.341 e. The van der Waals surface area contributed by atoms with E-state index in [1.807, 2.05) is 13.0 Å². The van der Waals surface area contributed by atoms with Gasteiger partial charge >= 0.3 is 5.97 Å². The topological polar surface area (TPSA) is 55.8 Å². The molecule has 34 heavy (non-hydrogen) atoms. The molecular weight excluding hydrogens is 424 g/mol. The van der Waals surface area contributed by atoms with Crippen LogP contribution in [-0.4, -0.2) is 23.3 Å². The zero-order valence-corrected chi connectivity index (χ0v) is 23.0. The third-order valence-corrected chi connectivity index (χ3v) is 7.77. The molecule has 0 aliphatic carbocycles. The summed E-state index contributed by atoms with van der Waals surface area (Å²) in [7, 11) is 0. The van der Waals surface area contributed by atoms with Crippen molar-refractivity contribution in [3.8, 4) is 11.5 Å². The Bertz CT molecular complexity index is 785. The third-order valence-electron chi connectivity index (χ3n) is 7.77. The maximum absolute atomic E-state index is 10.9. The Hall–Kier alpha value is -1.71. The van der Waals surface area contributed by atoms with Gasteiger partial charge in [0.2, 0.25) is 0 Å². The van der Waals surface area contributed by atoms with E-state index < -0.39 is 5.97 Å². The summed E-state index contributed by atoms with van der Waals surface area (Å²) in [6.45, 7) is 15.5. The number of rotatable bonds is 15. The van der Waals surface area contributed by atoms with Crippen molar-refractivity contribution in [2.24, 2.45) is 17.8 Å². The molecule has 0 spiro atoms. The monoisotopic (exact) mass is 474 g/mol. The van der Waals surface area contributed by atoms with Crippen LogP contribution in [0.25, 0.3) is 0 Å². The number of ether oxygens (including phenoxy) is 2. The van der Waals surface area contributed by atoms with Crippen LogP contribution in [0.3, 0.4) is 0 Å². The first kappa shape index (κ1) is 28.5. The minimum atomic E-state index is -0.955. The molecule has 1 heterocycles. The largest absolute Gasteiger partial charge is 0.487 e. The van der Waals surface area contributed by atoms with Gasteiger partial charge in [-0.1, -0.05) is 72.6 Å². The predicted octanol–water partition coefficient (Wildman–Crippen LogP) is 8.29. The molecular formula is C30H50O4. The summed E-state index contributed by atoms with van der Waals surface area (Å²) >= 11 is 0. The Morgan fingerprint density at radius 2 is 1.59 bits per heavy atom. The second-order valence-electron chi connectivity index (χ2n) is 11.7. The maximum Gasteiger partial charge on any atom is 0.341 e. The van der Waals surface area contributed by atoms with E-state index in [0.29, 0.717) is 5.75 Å². The molecule has 1 aliphatic heterocycles. The molecule has 1 N–H and O–H groups in total. The molecule has 4 nitrogen and oxygen atoms in total. The van der Waals surface area contributed by atoms with Gasteiger partial charge in [0, 0.05) is 0 Å². The van der Waals surface area contributed by atoms with Gasteiger partial charge < -0.3 is 14.6 Å². The standard InChI is InChI=1S/C30H50O4/c1-21(2)11-8-12-22(3)13-9-14-23(4)15-10-17-30(7)18-16-26-19-27(33-20-28(31)32)24(5)25(6)29(26)34-30/h19,21-23H,8-18,20H2,1-7H3,(H,31,32). The molecule has 0 amide bonds. The van der Waals surface area contributed by atoms with Gasteiger partial charge in [0.1, 0.15) is 17.1 Å². The zero-order valence-electron chi connectivity index (χ0n) is 23.0. The average molecular weight is 475 g/mol. The van der Waals surface area contributed by atoms with Crippen molar-refractivity contribution in [2.75, 3.05) is 6.61 Å². The van der Waals surface area contributed by atoms with Gasteiger partial charge in [-0.25, -0.2) is 4.79 Å². The quantitative estimate of drug-likeness (QED) is 0.278. The number of carboxylic acid groups (broad SMARTS) is 1. The van der Waals surface area contributed by atoms with Crippen molar-refractivity contribution in [3.05, 3.63) is 22.8 Å². The second kappa shape index (κ2) is 13.4. The lowest BCUT2D eigenvalue weighted by atomic mass is 9.85. The van der Waals surface area contributed by atoms with E-state index in [-0.39, 0.29) is 12.2 Å². The summed E-state index contributed by atoms with van der Waals surface area (Å²) < 4.78 is 12.1. The summed E-state index contributed by atoms with van der Waals surface area (Å²) in [5, 5.41) is 8.93. The van der Waals surface area contributed by atoms with Crippen molar-refractivity contribution in [3.63, 3.8) is 0 Å². The molecule has 0 radical (unpaired) electrons. The van der Waals surface area contributed by atoms with Crippen LogP contribution in [0.15, 0.2) is 6.07 Å². The summed E-state index contributed by atoms with van der Waals surface area (Å²) in [4.78, 5) is 10.9. The lowest BCUT2D eigenvalue weighted by Crippen LogP contribution is -2.36. The van der Waals surface area contributed by atoms with Crippen LogP contribution >= 0.6 is 0 Å². The van der Waals surface area contributed by atoms with Crippen LogP contribution < -0.4 is 9.47 Å². The number of hydrogen-bond acceptors (Lipinski definition) is 3. The highest BCUT2D eigenvalue weighted by Crippen LogP contribution is 2.42. The Balaban J connectivity index is 1.77. The highest BCUT2D eigenvalue weighted by Gasteiger charge is 2.33. The Labute approximate surface area is 208 Å². The summed E-state index contributed by atoms with van der Waals surface area (Å²) in [6.07, 6.45) is 13.7. The Kier molecular flexibility index (Phi) is 11.2. The number of hydrogen-bond donors (Lipinski definition) is 1. The van der Waals surface area contributed by atoms with E-state index in [2.05, 4.69) is 41.5 Å². The molecule has 0 bridgehead atoms.